The van der Waals surface area contributed by atoms with Gasteiger partial charge in [0.1, 0.15) is 18.6 Å². The van der Waals surface area contributed by atoms with Crippen LogP contribution in [0.1, 0.15) is 29.5 Å². The Kier molecular flexibility index (Phi) is 10.1. The molecule has 2 unspecified atom stereocenters. The molecule has 230 valence electrons. The Morgan fingerprint density at radius 3 is 2.19 bits per heavy atom. The van der Waals surface area contributed by atoms with Crippen LogP contribution in [0.15, 0.2) is 54.1 Å². The van der Waals surface area contributed by atoms with Gasteiger partial charge in [-0.3, -0.25) is 0 Å². The van der Waals surface area contributed by atoms with Gasteiger partial charge in [0, 0.05) is 26.7 Å². The highest BCUT2D eigenvalue weighted by molar-refractivity contribution is 7.90. The molecule has 0 saturated carbocycles. The number of halogens is 6. The van der Waals surface area contributed by atoms with E-state index >= 15 is 0 Å². The van der Waals surface area contributed by atoms with Crippen molar-refractivity contribution >= 4 is 17.1 Å². The zero-order valence-electron chi connectivity index (χ0n) is 23.0. The molecule has 1 fully saturated rings. The van der Waals surface area contributed by atoms with E-state index in [0.29, 0.717) is 17.2 Å². The molecule has 0 spiro atoms. The molecular weight excluding hydrogens is 588 g/mol. The van der Waals surface area contributed by atoms with Gasteiger partial charge in [-0.25, -0.2) is 9.97 Å². The van der Waals surface area contributed by atoms with Crippen LogP contribution in [0.25, 0.3) is 0 Å². The average molecular weight is 620 g/mol. The van der Waals surface area contributed by atoms with E-state index in [2.05, 4.69) is 20.2 Å². The van der Waals surface area contributed by atoms with Gasteiger partial charge >= 0.3 is 12.4 Å². The second-order valence-corrected chi connectivity index (χ2v) is 11.3. The van der Waals surface area contributed by atoms with Crippen LogP contribution in [-0.2, 0) is 34.8 Å². The third-order valence-corrected chi connectivity index (χ3v) is 7.48. The summed E-state index contributed by atoms with van der Waals surface area (Å²) in [6, 6.07) is 1.58. The minimum absolute atomic E-state index is 0.107. The van der Waals surface area contributed by atoms with E-state index in [0.717, 1.165) is 43.8 Å². The summed E-state index contributed by atoms with van der Waals surface area (Å²) in [6.45, 7) is 1.56. The molecule has 3 heterocycles. The Hall–Kier alpha value is -3.17. The monoisotopic (exact) mass is 619 g/mol. The maximum Gasteiger partial charge on any atom is 0.416 e. The van der Waals surface area contributed by atoms with E-state index in [1.807, 2.05) is 6.08 Å². The molecule has 2 aliphatic heterocycles. The van der Waals surface area contributed by atoms with Crippen molar-refractivity contribution < 1.29 is 40.4 Å². The topological polar surface area (TPSA) is 85.8 Å². The number of allylic oxidation sites excluding steroid dienone is 1. The molecule has 2 aliphatic rings. The number of ether oxygens (including phenoxy) is 2. The van der Waals surface area contributed by atoms with E-state index in [1.165, 1.54) is 19.5 Å². The number of anilines is 1. The summed E-state index contributed by atoms with van der Waals surface area (Å²) >= 11 is -1.01. The highest BCUT2D eigenvalue weighted by Crippen LogP contribution is 2.37. The lowest BCUT2D eigenvalue weighted by atomic mass is 10.0. The second-order valence-electron chi connectivity index (χ2n) is 9.78. The molecule has 0 bridgehead atoms. The first-order valence-electron chi connectivity index (χ1n) is 13.1. The molecule has 1 saturated heterocycles. The number of aromatic nitrogens is 2. The molecule has 0 radical (unpaired) electrons. The average Bonchev–Trinajstić information content (AvgIpc) is 3.46. The van der Waals surface area contributed by atoms with Crippen LogP contribution in [-0.4, -0.2) is 75.9 Å². The van der Waals surface area contributed by atoms with Crippen LogP contribution in [0, 0.1) is 0 Å². The summed E-state index contributed by atoms with van der Waals surface area (Å²) in [7, 11) is 1.41. The lowest BCUT2D eigenvalue weighted by molar-refractivity contribution is -0.143. The lowest BCUT2D eigenvalue weighted by Gasteiger charge is -2.39. The summed E-state index contributed by atoms with van der Waals surface area (Å²) in [5.41, 5.74) is -1.54. The number of nitrogens with one attached hydrogen (secondary N) is 1. The highest BCUT2D eigenvalue weighted by Gasteiger charge is 2.37. The van der Waals surface area contributed by atoms with Gasteiger partial charge < -0.3 is 29.1 Å². The van der Waals surface area contributed by atoms with E-state index < -0.39 is 40.9 Å². The van der Waals surface area contributed by atoms with Crippen LogP contribution in [0.5, 0.6) is 5.75 Å². The van der Waals surface area contributed by atoms with E-state index in [-0.39, 0.29) is 37.3 Å². The molecule has 1 aromatic heterocycles. The minimum atomic E-state index is -4.96. The maximum atomic E-state index is 13.6. The Morgan fingerprint density at radius 1 is 1.02 bits per heavy atom. The fraction of sp³-hybridized carbons (Fsp3) is 0.481. The first-order valence-corrected chi connectivity index (χ1v) is 14.8. The number of rotatable bonds is 11. The van der Waals surface area contributed by atoms with Crippen LogP contribution in [0.3, 0.4) is 0 Å². The fourth-order valence-corrected chi connectivity index (χ4v) is 5.05. The standard InChI is InChI=1S/C27H31F6N5O3S/c1-40-24-6-5-22(37-7-3-4-8-37)23(16-36-25-34-14-21(15-35-25)41-9-10-42(2)39)38(24)17-18-11-19(26(28,29)30)13-20(12-18)27(31,32)33/h5-6,11-15,24H,3-4,7-10,16-17H2,1-2H3,(H,34,35,36). The Bertz CT molecular complexity index is 1230. The van der Waals surface area contributed by atoms with Crippen molar-refractivity contribution in [2.24, 2.45) is 0 Å². The van der Waals surface area contributed by atoms with Crippen molar-refractivity contribution in [2.75, 3.05) is 50.7 Å². The van der Waals surface area contributed by atoms with Crippen LogP contribution >= 0.6 is 0 Å². The van der Waals surface area contributed by atoms with E-state index in [4.69, 9.17) is 9.47 Å². The lowest BCUT2D eigenvalue weighted by Crippen LogP contribution is -2.41. The molecule has 2 aromatic rings. The predicted molar refractivity (Wildman–Crippen MR) is 145 cm³/mol. The summed E-state index contributed by atoms with van der Waals surface area (Å²) in [4.78, 5) is 12.2. The molecule has 15 heteroatoms. The molecule has 8 nitrogen and oxygen atoms in total. The summed E-state index contributed by atoms with van der Waals surface area (Å²) in [5.74, 6) is 0.972. The predicted octanol–water partition coefficient (Wildman–Crippen LogP) is 5.04. The number of likely N-dealkylation sites (tertiary alicyclic amines) is 1. The smallest absolute Gasteiger partial charge is 0.416 e. The zero-order chi connectivity index (χ0) is 30.5. The van der Waals surface area contributed by atoms with Crippen molar-refractivity contribution in [1.82, 2.24) is 19.8 Å². The molecule has 0 amide bonds. The number of benzene rings is 1. The first-order chi connectivity index (χ1) is 19.8. The van der Waals surface area contributed by atoms with E-state index in [1.54, 1.807) is 17.2 Å². The molecule has 42 heavy (non-hydrogen) atoms. The zero-order valence-corrected chi connectivity index (χ0v) is 23.8. The fourth-order valence-electron chi connectivity index (χ4n) is 4.73. The van der Waals surface area contributed by atoms with Crippen molar-refractivity contribution in [3.63, 3.8) is 0 Å². The minimum Gasteiger partial charge on any atom is -0.616 e. The SMILES string of the molecule is COC1C=CC(N2CCCC2)=C(CNc2ncc(OCC[S+](C)[O-])cn2)N1Cc1cc(C(F)(F)F)cc(C(F)(F)F)c1. The highest BCUT2D eigenvalue weighted by atomic mass is 32.2. The van der Waals surface area contributed by atoms with Crippen molar-refractivity contribution in [3.05, 3.63) is 70.8 Å². The molecular formula is C27H31F6N5O3S. The van der Waals surface area contributed by atoms with Gasteiger partial charge in [-0.1, -0.05) is 11.2 Å². The number of methoxy groups -OCH3 is 1. The molecule has 4 rings (SSSR count). The van der Waals surface area contributed by atoms with Crippen molar-refractivity contribution in [2.45, 2.75) is 38.0 Å². The summed E-state index contributed by atoms with van der Waals surface area (Å²) in [5, 5.41) is 3.10. The quantitative estimate of drug-likeness (QED) is 0.277. The van der Waals surface area contributed by atoms with Crippen LogP contribution in [0.4, 0.5) is 32.3 Å². The van der Waals surface area contributed by atoms with Gasteiger partial charge in [0.15, 0.2) is 5.75 Å². The van der Waals surface area contributed by atoms with E-state index in [9.17, 15) is 30.9 Å². The maximum absolute atomic E-state index is 13.6. The number of hydrogen-bond acceptors (Lipinski definition) is 8. The second kappa shape index (κ2) is 13.4. The molecule has 0 aliphatic carbocycles. The van der Waals surface area contributed by atoms with Gasteiger partial charge in [0.25, 0.3) is 0 Å². The Morgan fingerprint density at radius 2 is 1.64 bits per heavy atom. The Balaban J connectivity index is 1.63. The third kappa shape index (κ3) is 8.22. The number of hydrogen-bond donors (Lipinski definition) is 1. The summed E-state index contributed by atoms with van der Waals surface area (Å²) < 4.78 is 104. The molecule has 2 atom stereocenters. The normalized spacial score (nSPS) is 18.5. The van der Waals surface area contributed by atoms with Crippen LogP contribution < -0.4 is 10.1 Å². The van der Waals surface area contributed by atoms with Crippen LogP contribution in [0.2, 0.25) is 0 Å². The molecule has 1 N–H and O–H groups in total. The third-order valence-electron chi connectivity index (χ3n) is 6.74. The Labute approximate surface area is 242 Å². The summed E-state index contributed by atoms with van der Waals surface area (Å²) in [6.07, 6.45) is -0.730. The number of alkyl halides is 6. The van der Waals surface area contributed by atoms with Gasteiger partial charge in [-0.05, 0) is 48.8 Å². The van der Waals surface area contributed by atoms with Crippen molar-refractivity contribution in [3.8, 4) is 5.75 Å². The van der Waals surface area contributed by atoms with Gasteiger partial charge in [-0.2, -0.15) is 26.3 Å². The van der Waals surface area contributed by atoms with Gasteiger partial charge in [-0.15, -0.1) is 0 Å². The number of nitrogens with zero attached hydrogens (tertiary/aromatic N) is 4. The van der Waals surface area contributed by atoms with Gasteiger partial charge in [0.2, 0.25) is 5.95 Å². The first kappa shape index (κ1) is 31.8. The molecule has 1 aromatic carbocycles. The largest absolute Gasteiger partial charge is 0.616 e. The van der Waals surface area contributed by atoms with Gasteiger partial charge in [0.05, 0.1) is 47.7 Å². The van der Waals surface area contributed by atoms with Crippen molar-refractivity contribution in [1.29, 1.82) is 0 Å².